The zero-order chi connectivity index (χ0) is 17.7. The zero-order valence-corrected chi connectivity index (χ0v) is 15.5. The molecule has 0 aromatic heterocycles. The number of nitrogens with zero attached hydrogens (tertiary/aromatic N) is 1. The maximum atomic E-state index is 12.6. The Balaban J connectivity index is 2.12. The fourth-order valence-corrected chi connectivity index (χ4v) is 4.66. The number of piperidine rings is 1. The van der Waals surface area contributed by atoms with E-state index in [1.165, 1.54) is 25.3 Å². The predicted molar refractivity (Wildman–Crippen MR) is 92.9 cm³/mol. The molecule has 6 nitrogen and oxygen atoms in total. The number of carbonyl (C=O) groups excluding carboxylic acids is 1. The van der Waals surface area contributed by atoms with Crippen LogP contribution in [0.5, 0.6) is 0 Å². The van der Waals surface area contributed by atoms with Gasteiger partial charge in [0.05, 0.1) is 17.7 Å². The van der Waals surface area contributed by atoms with Crippen LogP contribution >= 0.6 is 11.6 Å². The molecule has 134 valence electrons. The molecule has 0 atom stereocenters. The number of carbonyl (C=O) groups is 1. The first kappa shape index (κ1) is 19.2. The molecule has 0 amide bonds. The van der Waals surface area contributed by atoms with Crippen molar-refractivity contribution in [1.29, 1.82) is 0 Å². The van der Waals surface area contributed by atoms with Crippen molar-refractivity contribution in [3.63, 3.8) is 0 Å². The van der Waals surface area contributed by atoms with Crippen LogP contribution in [0.15, 0.2) is 23.1 Å². The third-order valence-corrected chi connectivity index (χ3v) is 6.09. The smallest absolute Gasteiger partial charge is 0.337 e. The van der Waals surface area contributed by atoms with E-state index in [0.717, 1.165) is 38.9 Å². The summed E-state index contributed by atoms with van der Waals surface area (Å²) >= 11 is 6.03. The average Bonchev–Trinajstić information content (AvgIpc) is 2.56. The maximum absolute atomic E-state index is 12.6. The Labute approximate surface area is 148 Å². The minimum Gasteiger partial charge on any atom is -0.465 e. The normalized spacial score (nSPS) is 17.0. The molecule has 1 fully saturated rings. The van der Waals surface area contributed by atoms with Crippen LogP contribution in [0.3, 0.4) is 0 Å². The van der Waals surface area contributed by atoms with Gasteiger partial charge in [0.15, 0.2) is 0 Å². The quantitative estimate of drug-likeness (QED) is 0.773. The van der Waals surface area contributed by atoms with E-state index in [0.29, 0.717) is 0 Å². The van der Waals surface area contributed by atoms with Crippen molar-refractivity contribution in [1.82, 2.24) is 9.62 Å². The topological polar surface area (TPSA) is 75.7 Å². The Morgan fingerprint density at radius 3 is 2.62 bits per heavy atom. The molecule has 0 radical (unpaired) electrons. The van der Waals surface area contributed by atoms with Gasteiger partial charge >= 0.3 is 5.97 Å². The highest BCUT2D eigenvalue weighted by Gasteiger charge is 2.26. The third kappa shape index (κ3) is 4.69. The van der Waals surface area contributed by atoms with Crippen molar-refractivity contribution in [3.05, 3.63) is 28.8 Å². The Morgan fingerprint density at radius 1 is 1.38 bits per heavy atom. The van der Waals surface area contributed by atoms with E-state index >= 15 is 0 Å². The summed E-state index contributed by atoms with van der Waals surface area (Å²) in [7, 11) is -2.55. The van der Waals surface area contributed by atoms with Crippen molar-refractivity contribution >= 4 is 27.6 Å². The first-order valence-corrected chi connectivity index (χ1v) is 9.86. The largest absolute Gasteiger partial charge is 0.465 e. The number of ether oxygens (including phenoxy) is 1. The number of nitrogens with one attached hydrogen (secondary N) is 1. The average molecular weight is 375 g/mol. The zero-order valence-electron chi connectivity index (χ0n) is 13.9. The SMILES string of the molecule is CCCN1CCC(NS(=O)(=O)c2cc(C(=O)OC)ccc2Cl)CC1. The number of benzene rings is 1. The van der Waals surface area contributed by atoms with Crippen LogP contribution in [0.4, 0.5) is 0 Å². The fourth-order valence-electron chi connectivity index (χ4n) is 2.83. The Hall–Kier alpha value is -1.15. The van der Waals surface area contributed by atoms with Crippen LogP contribution < -0.4 is 4.72 Å². The number of halogens is 1. The highest BCUT2D eigenvalue weighted by molar-refractivity contribution is 7.89. The maximum Gasteiger partial charge on any atom is 0.337 e. The molecule has 1 aliphatic heterocycles. The van der Waals surface area contributed by atoms with Crippen LogP contribution in [0.2, 0.25) is 5.02 Å². The Bertz CT molecular complexity index is 685. The lowest BCUT2D eigenvalue weighted by Crippen LogP contribution is -2.44. The molecular weight excluding hydrogens is 352 g/mol. The number of hydrogen-bond acceptors (Lipinski definition) is 5. The molecule has 0 aliphatic carbocycles. The highest BCUT2D eigenvalue weighted by Crippen LogP contribution is 2.24. The standard InChI is InChI=1S/C16H23ClN2O4S/c1-3-8-19-9-6-13(7-10-19)18-24(21,22)15-11-12(16(20)23-2)4-5-14(15)17/h4-5,11,13,18H,3,6-10H2,1-2H3. The van der Waals surface area contributed by atoms with E-state index in [9.17, 15) is 13.2 Å². The summed E-state index contributed by atoms with van der Waals surface area (Å²) < 4.78 is 32.6. The second kappa shape index (κ2) is 8.29. The molecule has 24 heavy (non-hydrogen) atoms. The van der Waals surface area contributed by atoms with Gasteiger partial charge < -0.3 is 9.64 Å². The number of likely N-dealkylation sites (tertiary alicyclic amines) is 1. The van der Waals surface area contributed by atoms with Crippen LogP contribution in [0.1, 0.15) is 36.5 Å². The van der Waals surface area contributed by atoms with Gasteiger partial charge in [-0.3, -0.25) is 0 Å². The number of hydrogen-bond donors (Lipinski definition) is 1. The Kier molecular flexibility index (Phi) is 6.62. The Morgan fingerprint density at radius 2 is 2.04 bits per heavy atom. The molecule has 0 bridgehead atoms. The molecule has 1 N–H and O–H groups in total. The molecule has 1 saturated heterocycles. The van der Waals surface area contributed by atoms with E-state index < -0.39 is 16.0 Å². The van der Waals surface area contributed by atoms with Gasteiger partial charge in [-0.1, -0.05) is 18.5 Å². The lowest BCUT2D eigenvalue weighted by Gasteiger charge is -2.31. The second-order valence-electron chi connectivity index (χ2n) is 5.87. The van der Waals surface area contributed by atoms with Crippen LogP contribution in [-0.4, -0.2) is 52.1 Å². The molecule has 1 aromatic rings. The van der Waals surface area contributed by atoms with Gasteiger partial charge in [-0.2, -0.15) is 0 Å². The van der Waals surface area contributed by atoms with Gasteiger partial charge in [0.1, 0.15) is 4.90 Å². The molecular formula is C16H23ClN2O4S. The van der Waals surface area contributed by atoms with Crippen LogP contribution in [-0.2, 0) is 14.8 Å². The van der Waals surface area contributed by atoms with E-state index in [1.807, 2.05) is 0 Å². The summed E-state index contributed by atoms with van der Waals surface area (Å²) in [4.78, 5) is 13.8. The van der Waals surface area contributed by atoms with Crippen molar-refractivity contribution < 1.29 is 17.9 Å². The van der Waals surface area contributed by atoms with Gasteiger partial charge in [-0.25, -0.2) is 17.9 Å². The first-order valence-electron chi connectivity index (χ1n) is 8.00. The van der Waals surface area contributed by atoms with Gasteiger partial charge in [0, 0.05) is 6.04 Å². The third-order valence-electron chi connectivity index (χ3n) is 4.09. The number of esters is 1. The molecule has 0 spiro atoms. The van der Waals surface area contributed by atoms with Crippen molar-refractivity contribution in [3.8, 4) is 0 Å². The summed E-state index contributed by atoms with van der Waals surface area (Å²) in [6.07, 6.45) is 2.60. The lowest BCUT2D eigenvalue weighted by atomic mass is 10.1. The summed E-state index contributed by atoms with van der Waals surface area (Å²) in [5.41, 5.74) is 0.153. The molecule has 0 saturated carbocycles. The van der Waals surface area contributed by atoms with E-state index in [1.54, 1.807) is 0 Å². The molecule has 0 unspecified atom stereocenters. The summed E-state index contributed by atoms with van der Waals surface area (Å²) in [5, 5.41) is 0.0820. The van der Waals surface area contributed by atoms with Crippen LogP contribution in [0, 0.1) is 0 Å². The van der Waals surface area contributed by atoms with E-state index in [-0.39, 0.29) is 21.5 Å². The number of sulfonamides is 1. The monoisotopic (exact) mass is 374 g/mol. The summed E-state index contributed by atoms with van der Waals surface area (Å²) in [5.74, 6) is -0.601. The minimum atomic E-state index is -3.79. The van der Waals surface area contributed by atoms with Gasteiger partial charge in [0.25, 0.3) is 0 Å². The van der Waals surface area contributed by atoms with Crippen molar-refractivity contribution in [2.75, 3.05) is 26.7 Å². The fraction of sp³-hybridized carbons (Fsp3) is 0.562. The summed E-state index contributed by atoms with van der Waals surface area (Å²) in [6.45, 7) is 4.91. The predicted octanol–water partition coefficient (Wildman–Crippen LogP) is 2.28. The van der Waals surface area contributed by atoms with Crippen molar-refractivity contribution in [2.45, 2.75) is 37.1 Å². The molecule has 2 rings (SSSR count). The van der Waals surface area contributed by atoms with Gasteiger partial charge in [-0.15, -0.1) is 0 Å². The van der Waals surface area contributed by atoms with Gasteiger partial charge in [0.2, 0.25) is 10.0 Å². The highest BCUT2D eigenvalue weighted by atomic mass is 35.5. The number of rotatable bonds is 6. The first-order chi connectivity index (χ1) is 11.4. The minimum absolute atomic E-state index is 0.0820. The lowest BCUT2D eigenvalue weighted by molar-refractivity contribution is 0.0600. The van der Waals surface area contributed by atoms with Gasteiger partial charge in [-0.05, 0) is 57.1 Å². The second-order valence-corrected chi connectivity index (χ2v) is 7.96. The number of methoxy groups -OCH3 is 1. The van der Waals surface area contributed by atoms with E-state index in [4.69, 9.17) is 11.6 Å². The van der Waals surface area contributed by atoms with Crippen LogP contribution in [0.25, 0.3) is 0 Å². The van der Waals surface area contributed by atoms with E-state index in [2.05, 4.69) is 21.3 Å². The molecule has 1 heterocycles. The summed E-state index contributed by atoms with van der Waals surface area (Å²) in [6, 6.07) is 3.96. The molecule has 8 heteroatoms. The molecule has 1 aromatic carbocycles. The molecule has 1 aliphatic rings. The van der Waals surface area contributed by atoms with Crippen molar-refractivity contribution in [2.24, 2.45) is 0 Å².